The van der Waals surface area contributed by atoms with Crippen LogP contribution < -0.4 is 9.80 Å². The van der Waals surface area contributed by atoms with Crippen LogP contribution in [0, 0.1) is 5.82 Å². The average molecular weight is 553 g/mol. The van der Waals surface area contributed by atoms with Gasteiger partial charge in [0.05, 0.1) is 28.6 Å². The molecular formula is C29H34ClFN6O2. The summed E-state index contributed by atoms with van der Waals surface area (Å²) in [5.74, 6) is 0.713. The highest BCUT2D eigenvalue weighted by molar-refractivity contribution is 6.33. The van der Waals surface area contributed by atoms with Gasteiger partial charge >= 0.3 is 5.97 Å². The van der Waals surface area contributed by atoms with Crippen molar-refractivity contribution in [2.75, 3.05) is 42.6 Å². The van der Waals surface area contributed by atoms with E-state index in [4.69, 9.17) is 26.3 Å². The Kier molecular flexibility index (Phi) is 8.28. The molecule has 1 aromatic carbocycles. The van der Waals surface area contributed by atoms with Gasteiger partial charge in [0.25, 0.3) is 0 Å². The second-order valence-corrected chi connectivity index (χ2v) is 10.7. The summed E-state index contributed by atoms with van der Waals surface area (Å²) < 4.78 is 18.6. The molecule has 0 amide bonds. The third-order valence-corrected chi connectivity index (χ3v) is 7.76. The summed E-state index contributed by atoms with van der Waals surface area (Å²) in [4.78, 5) is 33.2. The zero-order valence-corrected chi connectivity index (χ0v) is 23.4. The van der Waals surface area contributed by atoms with Crippen LogP contribution in [0.15, 0.2) is 42.6 Å². The van der Waals surface area contributed by atoms with Crippen molar-refractivity contribution in [3.63, 3.8) is 0 Å². The minimum absolute atomic E-state index is 0.208. The zero-order chi connectivity index (χ0) is 27.5. The second-order valence-electron chi connectivity index (χ2n) is 10.3. The van der Waals surface area contributed by atoms with Crippen molar-refractivity contribution in [2.24, 2.45) is 0 Å². The summed E-state index contributed by atoms with van der Waals surface area (Å²) in [6.07, 6.45) is 3.77. The number of rotatable bonds is 7. The topological polar surface area (TPSA) is 74.7 Å². The van der Waals surface area contributed by atoms with Crippen LogP contribution in [0.25, 0.3) is 11.3 Å². The summed E-state index contributed by atoms with van der Waals surface area (Å²) in [7, 11) is 0. The molecule has 2 atom stereocenters. The van der Waals surface area contributed by atoms with Crippen LogP contribution in [0.5, 0.6) is 0 Å². The van der Waals surface area contributed by atoms with Gasteiger partial charge in [-0.1, -0.05) is 11.6 Å². The fraction of sp³-hybridized carbons (Fsp3) is 0.448. The molecule has 2 saturated heterocycles. The lowest BCUT2D eigenvalue weighted by Gasteiger charge is -2.40. The minimum Gasteiger partial charge on any atom is -0.462 e. The molecule has 4 heterocycles. The Morgan fingerprint density at radius 3 is 2.56 bits per heavy atom. The van der Waals surface area contributed by atoms with Crippen molar-refractivity contribution in [3.8, 4) is 11.3 Å². The summed E-state index contributed by atoms with van der Waals surface area (Å²) in [6.45, 7) is 10.3. The SMILES string of the molecule is CCOC(=O)c1cnc(N2CCN(Cc3cc(-c4ccc(F)cc4)nc(N4CCCC4C)n3)[C@H](C)C2)c(Cl)c1. The molecular weight excluding hydrogens is 519 g/mol. The predicted octanol–water partition coefficient (Wildman–Crippen LogP) is 5.21. The summed E-state index contributed by atoms with van der Waals surface area (Å²) in [6, 6.07) is 10.7. The van der Waals surface area contributed by atoms with Crippen molar-refractivity contribution < 1.29 is 13.9 Å². The monoisotopic (exact) mass is 552 g/mol. The van der Waals surface area contributed by atoms with Gasteiger partial charge in [0, 0.05) is 56.6 Å². The standard InChI is InChI=1S/C29H34ClFN6O2/c1-4-39-28(38)22-14-25(30)27(32-16-22)36-13-12-35(20(3)17-36)18-24-15-26(21-7-9-23(31)10-8-21)34-29(33-24)37-11-5-6-19(37)2/h7-10,14-16,19-20H,4-6,11-13,17-18H2,1-3H3/t19?,20-/m1/s1. The number of aromatic nitrogens is 3. The van der Waals surface area contributed by atoms with Crippen LogP contribution in [0.1, 0.15) is 49.7 Å². The van der Waals surface area contributed by atoms with Gasteiger partial charge in [-0.05, 0) is 70.0 Å². The van der Waals surface area contributed by atoms with Gasteiger partial charge in [-0.3, -0.25) is 4.90 Å². The third kappa shape index (κ3) is 6.15. The molecule has 5 rings (SSSR count). The average Bonchev–Trinajstić information content (AvgIpc) is 3.36. The van der Waals surface area contributed by atoms with Crippen LogP contribution in [-0.4, -0.2) is 70.7 Å². The molecule has 0 N–H and O–H groups in total. The van der Waals surface area contributed by atoms with E-state index >= 15 is 0 Å². The van der Waals surface area contributed by atoms with Crippen LogP contribution in [-0.2, 0) is 11.3 Å². The van der Waals surface area contributed by atoms with E-state index in [1.807, 2.05) is 6.07 Å². The summed E-state index contributed by atoms with van der Waals surface area (Å²) in [5.41, 5.74) is 2.96. The normalized spacial score (nSPS) is 19.9. The second kappa shape index (κ2) is 11.8. The quantitative estimate of drug-likeness (QED) is 0.370. The van der Waals surface area contributed by atoms with E-state index in [1.54, 1.807) is 25.1 Å². The van der Waals surface area contributed by atoms with Crippen LogP contribution in [0.4, 0.5) is 16.2 Å². The predicted molar refractivity (Wildman–Crippen MR) is 151 cm³/mol. The highest BCUT2D eigenvalue weighted by atomic mass is 35.5. The Balaban J connectivity index is 1.33. The number of nitrogens with zero attached hydrogens (tertiary/aromatic N) is 6. The number of carbonyl (C=O) groups excluding carboxylic acids is 1. The number of piperazine rings is 1. The van der Waals surface area contributed by atoms with Crippen molar-refractivity contribution >= 4 is 29.3 Å². The number of pyridine rings is 1. The van der Waals surface area contributed by atoms with E-state index in [0.717, 1.165) is 61.9 Å². The lowest BCUT2D eigenvalue weighted by atomic mass is 10.1. The molecule has 2 fully saturated rings. The molecule has 39 heavy (non-hydrogen) atoms. The molecule has 206 valence electrons. The van der Waals surface area contributed by atoms with Gasteiger partial charge in [0.15, 0.2) is 0 Å². The largest absolute Gasteiger partial charge is 0.462 e. The number of halogens is 2. The molecule has 1 unspecified atom stereocenters. The van der Waals surface area contributed by atoms with Gasteiger partial charge < -0.3 is 14.5 Å². The molecule has 2 aliphatic rings. The van der Waals surface area contributed by atoms with E-state index in [1.165, 1.54) is 18.3 Å². The molecule has 2 aromatic heterocycles. The number of esters is 1. The van der Waals surface area contributed by atoms with Crippen molar-refractivity contribution in [3.05, 3.63) is 64.7 Å². The molecule has 0 bridgehead atoms. The molecule has 0 spiro atoms. The maximum Gasteiger partial charge on any atom is 0.339 e. The number of hydrogen-bond donors (Lipinski definition) is 0. The Bertz CT molecular complexity index is 1320. The van der Waals surface area contributed by atoms with Crippen LogP contribution >= 0.6 is 11.6 Å². The Morgan fingerprint density at radius 1 is 1.10 bits per heavy atom. The molecule has 3 aromatic rings. The number of carbonyl (C=O) groups is 1. The highest BCUT2D eigenvalue weighted by Gasteiger charge is 2.28. The summed E-state index contributed by atoms with van der Waals surface area (Å²) in [5, 5.41) is 0.435. The van der Waals surface area contributed by atoms with Crippen LogP contribution in [0.2, 0.25) is 5.02 Å². The van der Waals surface area contributed by atoms with E-state index in [2.05, 4.69) is 33.5 Å². The van der Waals surface area contributed by atoms with Gasteiger partial charge in [-0.25, -0.2) is 24.1 Å². The van der Waals surface area contributed by atoms with Crippen molar-refractivity contribution in [1.29, 1.82) is 0 Å². The minimum atomic E-state index is -0.427. The van der Waals surface area contributed by atoms with Gasteiger partial charge in [0.1, 0.15) is 11.6 Å². The molecule has 0 saturated carbocycles. The van der Waals surface area contributed by atoms with Crippen molar-refractivity contribution in [1.82, 2.24) is 19.9 Å². The Hall–Kier alpha value is -3.30. The zero-order valence-electron chi connectivity index (χ0n) is 22.6. The maximum atomic E-state index is 13.6. The van der Waals surface area contributed by atoms with E-state index < -0.39 is 5.97 Å². The smallest absolute Gasteiger partial charge is 0.339 e. The van der Waals surface area contributed by atoms with Gasteiger partial charge in [-0.2, -0.15) is 0 Å². The first-order chi connectivity index (χ1) is 18.8. The van der Waals surface area contributed by atoms with Crippen LogP contribution in [0.3, 0.4) is 0 Å². The first-order valence-corrected chi connectivity index (χ1v) is 13.9. The van der Waals surface area contributed by atoms with E-state index in [9.17, 15) is 9.18 Å². The number of anilines is 2. The number of ether oxygens (including phenoxy) is 1. The van der Waals surface area contributed by atoms with Gasteiger partial charge in [-0.15, -0.1) is 0 Å². The number of benzene rings is 1. The lowest BCUT2D eigenvalue weighted by Crippen LogP contribution is -2.51. The Labute approximate surface area is 233 Å². The molecule has 0 aliphatic carbocycles. The van der Waals surface area contributed by atoms with Crippen molar-refractivity contribution in [2.45, 2.75) is 52.2 Å². The molecule has 8 nitrogen and oxygen atoms in total. The molecule has 10 heteroatoms. The lowest BCUT2D eigenvalue weighted by molar-refractivity contribution is 0.0526. The maximum absolute atomic E-state index is 13.6. The molecule has 0 radical (unpaired) electrons. The Morgan fingerprint density at radius 2 is 1.90 bits per heavy atom. The number of hydrogen-bond acceptors (Lipinski definition) is 8. The van der Waals surface area contributed by atoms with E-state index in [0.29, 0.717) is 35.6 Å². The summed E-state index contributed by atoms with van der Waals surface area (Å²) >= 11 is 6.53. The first kappa shape index (κ1) is 27.3. The third-order valence-electron chi connectivity index (χ3n) is 7.48. The van der Waals surface area contributed by atoms with Gasteiger partial charge in [0.2, 0.25) is 5.95 Å². The fourth-order valence-electron chi connectivity index (χ4n) is 5.31. The highest BCUT2D eigenvalue weighted by Crippen LogP contribution is 2.29. The van der Waals surface area contributed by atoms with E-state index in [-0.39, 0.29) is 11.9 Å². The molecule has 2 aliphatic heterocycles. The first-order valence-electron chi connectivity index (χ1n) is 13.5. The fourth-order valence-corrected chi connectivity index (χ4v) is 5.60.